The molecule has 3 aromatic rings. The fraction of sp³-hybridized carbons (Fsp3) is 0.414. The van der Waals surface area contributed by atoms with Gasteiger partial charge < -0.3 is 19.3 Å². The van der Waals surface area contributed by atoms with Gasteiger partial charge in [0.15, 0.2) is 0 Å². The predicted molar refractivity (Wildman–Crippen MR) is 140 cm³/mol. The maximum absolute atomic E-state index is 10.6. The molecule has 7 nitrogen and oxygen atoms in total. The summed E-state index contributed by atoms with van der Waals surface area (Å²) in [5, 5.41) is 15.6. The zero-order chi connectivity index (χ0) is 25.3. The zero-order valence-corrected chi connectivity index (χ0v) is 21.1. The first kappa shape index (κ1) is 25.8. The zero-order valence-electron chi connectivity index (χ0n) is 21.1. The van der Waals surface area contributed by atoms with Crippen LogP contribution in [0.4, 0.5) is 0 Å². The highest BCUT2D eigenvalue weighted by Gasteiger charge is 2.28. The van der Waals surface area contributed by atoms with E-state index in [9.17, 15) is 5.11 Å². The molecule has 0 amide bonds. The summed E-state index contributed by atoms with van der Waals surface area (Å²) in [6.07, 6.45) is 7.84. The molecule has 0 unspecified atom stereocenters. The van der Waals surface area contributed by atoms with Gasteiger partial charge in [-0.25, -0.2) is 4.68 Å². The summed E-state index contributed by atoms with van der Waals surface area (Å²) in [6.45, 7) is 4.51. The first-order chi connectivity index (χ1) is 17.6. The van der Waals surface area contributed by atoms with Gasteiger partial charge in [0.1, 0.15) is 18.1 Å². The van der Waals surface area contributed by atoms with E-state index in [0.29, 0.717) is 30.6 Å². The van der Waals surface area contributed by atoms with Gasteiger partial charge in [-0.1, -0.05) is 37.1 Å². The highest BCUT2D eigenvalue weighted by Crippen LogP contribution is 2.35. The van der Waals surface area contributed by atoms with Crippen LogP contribution in [0.25, 0.3) is 5.69 Å². The Labute approximate surface area is 213 Å². The van der Waals surface area contributed by atoms with Gasteiger partial charge in [0.25, 0.3) is 0 Å². The van der Waals surface area contributed by atoms with Gasteiger partial charge in [-0.15, -0.1) is 6.42 Å². The number of aromatic nitrogens is 2. The molecule has 1 fully saturated rings. The SMILES string of the molecule is C#CCOC[C@@H](O)CN(Cc1c(CC)nn(-c2ccccc2)c1Oc1cccc(OC)c1)CC1CC1. The van der Waals surface area contributed by atoms with E-state index in [1.165, 1.54) is 12.8 Å². The quantitative estimate of drug-likeness (QED) is 0.266. The molecule has 1 aromatic heterocycles. The molecule has 0 bridgehead atoms. The molecule has 0 saturated heterocycles. The third kappa shape index (κ3) is 6.88. The lowest BCUT2D eigenvalue weighted by atomic mass is 10.1. The number of terminal acetylenes is 1. The monoisotopic (exact) mass is 489 g/mol. The summed E-state index contributed by atoms with van der Waals surface area (Å²) in [5.41, 5.74) is 2.91. The van der Waals surface area contributed by atoms with Crippen molar-refractivity contribution in [2.75, 3.05) is 33.4 Å². The minimum Gasteiger partial charge on any atom is -0.497 e. The van der Waals surface area contributed by atoms with Crippen LogP contribution in [0.3, 0.4) is 0 Å². The van der Waals surface area contributed by atoms with Crippen LogP contribution in [0.2, 0.25) is 0 Å². The smallest absolute Gasteiger partial charge is 0.227 e. The number of hydrogen-bond donors (Lipinski definition) is 1. The highest BCUT2D eigenvalue weighted by atomic mass is 16.5. The van der Waals surface area contributed by atoms with Crippen molar-refractivity contribution in [2.45, 2.75) is 38.8 Å². The molecule has 1 aliphatic carbocycles. The number of methoxy groups -OCH3 is 1. The lowest BCUT2D eigenvalue weighted by Crippen LogP contribution is -2.36. The van der Waals surface area contributed by atoms with Crippen molar-refractivity contribution in [1.29, 1.82) is 0 Å². The summed E-state index contributed by atoms with van der Waals surface area (Å²) in [6, 6.07) is 17.6. The van der Waals surface area contributed by atoms with Crippen molar-refractivity contribution < 1.29 is 19.3 Å². The Bertz CT molecular complexity index is 1150. The Balaban J connectivity index is 1.67. The van der Waals surface area contributed by atoms with Crippen molar-refractivity contribution in [3.05, 3.63) is 65.9 Å². The maximum atomic E-state index is 10.6. The fourth-order valence-electron chi connectivity index (χ4n) is 4.24. The Morgan fingerprint density at radius 1 is 1.17 bits per heavy atom. The topological polar surface area (TPSA) is 69.0 Å². The first-order valence-electron chi connectivity index (χ1n) is 12.5. The molecule has 1 saturated carbocycles. The van der Waals surface area contributed by atoms with Crippen LogP contribution in [0.15, 0.2) is 54.6 Å². The Kier molecular flexibility index (Phi) is 9.01. The average molecular weight is 490 g/mol. The van der Waals surface area contributed by atoms with Gasteiger partial charge in [0.2, 0.25) is 5.88 Å². The molecule has 1 atom stereocenters. The van der Waals surface area contributed by atoms with Gasteiger partial charge >= 0.3 is 0 Å². The van der Waals surface area contributed by atoms with E-state index in [0.717, 1.165) is 35.7 Å². The molecular formula is C29H35N3O4. The number of aryl methyl sites for hydroxylation is 1. The van der Waals surface area contributed by atoms with Crippen molar-refractivity contribution in [2.24, 2.45) is 5.92 Å². The highest BCUT2D eigenvalue weighted by molar-refractivity contribution is 5.44. The molecule has 36 heavy (non-hydrogen) atoms. The third-order valence-corrected chi connectivity index (χ3v) is 6.17. The summed E-state index contributed by atoms with van der Waals surface area (Å²) in [5.74, 6) is 5.17. The van der Waals surface area contributed by atoms with Crippen LogP contribution >= 0.6 is 0 Å². The van der Waals surface area contributed by atoms with Crippen LogP contribution in [-0.2, 0) is 17.7 Å². The number of hydrogen-bond acceptors (Lipinski definition) is 6. The number of aliphatic hydroxyl groups excluding tert-OH is 1. The van der Waals surface area contributed by atoms with E-state index >= 15 is 0 Å². The molecule has 0 spiro atoms. The standard InChI is InChI=1S/C29H35N3O4/c1-4-16-35-21-24(33)19-31(18-22-14-15-22)20-27-28(5-2)30-32(23-10-7-6-8-11-23)29(27)36-26-13-9-12-25(17-26)34-3/h1,6-13,17,22,24,33H,5,14-16,18-21H2,2-3H3/t24-/m0/s1. The largest absolute Gasteiger partial charge is 0.497 e. The Morgan fingerprint density at radius 3 is 2.64 bits per heavy atom. The van der Waals surface area contributed by atoms with E-state index < -0.39 is 6.10 Å². The minimum atomic E-state index is -0.630. The molecule has 0 aliphatic heterocycles. The number of ether oxygens (including phenoxy) is 3. The van der Waals surface area contributed by atoms with Gasteiger partial charge in [0, 0.05) is 25.7 Å². The van der Waals surface area contributed by atoms with Crippen LogP contribution in [0, 0.1) is 18.3 Å². The molecule has 1 aliphatic rings. The van der Waals surface area contributed by atoms with E-state index in [4.69, 9.17) is 25.7 Å². The molecule has 7 heteroatoms. The predicted octanol–water partition coefficient (Wildman–Crippen LogP) is 4.46. The second-order valence-corrected chi connectivity index (χ2v) is 9.12. The second-order valence-electron chi connectivity index (χ2n) is 9.12. The number of aliphatic hydroxyl groups is 1. The first-order valence-corrected chi connectivity index (χ1v) is 12.5. The van der Waals surface area contributed by atoms with Crippen molar-refractivity contribution in [3.63, 3.8) is 0 Å². The van der Waals surface area contributed by atoms with Crippen LogP contribution in [0.1, 0.15) is 31.0 Å². The van der Waals surface area contributed by atoms with Crippen LogP contribution in [0.5, 0.6) is 17.4 Å². The molecule has 0 radical (unpaired) electrons. The fourth-order valence-corrected chi connectivity index (χ4v) is 4.24. The lowest BCUT2D eigenvalue weighted by molar-refractivity contribution is 0.0249. The van der Waals surface area contributed by atoms with E-state index in [2.05, 4.69) is 17.7 Å². The maximum Gasteiger partial charge on any atom is 0.227 e. The minimum absolute atomic E-state index is 0.196. The van der Waals surface area contributed by atoms with Gasteiger partial charge in [0.05, 0.1) is 36.8 Å². The number of nitrogens with zero attached hydrogens (tertiary/aromatic N) is 3. The average Bonchev–Trinajstić information content (AvgIpc) is 3.65. The van der Waals surface area contributed by atoms with E-state index in [1.54, 1.807) is 7.11 Å². The number of benzene rings is 2. The third-order valence-electron chi connectivity index (χ3n) is 6.17. The van der Waals surface area contributed by atoms with Crippen molar-refractivity contribution in [3.8, 4) is 35.4 Å². The lowest BCUT2D eigenvalue weighted by Gasteiger charge is -2.25. The summed E-state index contributed by atoms with van der Waals surface area (Å²) in [4.78, 5) is 2.28. The number of para-hydroxylation sites is 1. The Hall–Kier alpha value is -3.31. The summed E-state index contributed by atoms with van der Waals surface area (Å²) >= 11 is 0. The molecule has 4 rings (SSSR count). The molecule has 1 N–H and O–H groups in total. The van der Waals surface area contributed by atoms with Crippen LogP contribution in [-0.4, -0.2) is 59.3 Å². The molecule has 2 aromatic carbocycles. The van der Waals surface area contributed by atoms with Crippen LogP contribution < -0.4 is 9.47 Å². The Morgan fingerprint density at radius 2 is 1.94 bits per heavy atom. The second kappa shape index (κ2) is 12.6. The number of rotatable bonds is 14. The normalized spacial score (nSPS) is 14.0. The van der Waals surface area contributed by atoms with Gasteiger partial charge in [-0.2, -0.15) is 5.10 Å². The summed E-state index contributed by atoms with van der Waals surface area (Å²) < 4.78 is 19.2. The van der Waals surface area contributed by atoms with Gasteiger partial charge in [-0.3, -0.25) is 4.90 Å². The van der Waals surface area contributed by atoms with Gasteiger partial charge in [-0.05, 0) is 49.4 Å². The van der Waals surface area contributed by atoms with Crippen molar-refractivity contribution >= 4 is 0 Å². The van der Waals surface area contributed by atoms with Crippen molar-refractivity contribution in [1.82, 2.24) is 14.7 Å². The summed E-state index contributed by atoms with van der Waals surface area (Å²) in [7, 11) is 1.64. The molecule has 1 heterocycles. The van der Waals surface area contributed by atoms with E-state index in [-0.39, 0.29) is 13.2 Å². The molecular weight excluding hydrogens is 454 g/mol. The molecule has 190 valence electrons. The van der Waals surface area contributed by atoms with E-state index in [1.807, 2.05) is 59.3 Å².